The molecule has 0 radical (unpaired) electrons. The van der Waals surface area contributed by atoms with E-state index in [2.05, 4.69) is 142 Å². The Labute approximate surface area is 462 Å². The molecule has 0 bridgehead atoms. The summed E-state index contributed by atoms with van der Waals surface area (Å²) < 4.78 is 16.8. The van der Waals surface area contributed by atoms with E-state index in [0.29, 0.717) is 19.3 Å². The average molecular weight is 1040 g/mol. The number of hydrogen-bond donors (Lipinski definition) is 0. The molecular formula is C69H112O6. The summed E-state index contributed by atoms with van der Waals surface area (Å²) in [7, 11) is 0. The fourth-order valence-corrected chi connectivity index (χ4v) is 8.14. The van der Waals surface area contributed by atoms with Crippen LogP contribution in [0.15, 0.2) is 134 Å². The molecular weight excluding hydrogens is 925 g/mol. The predicted molar refractivity (Wildman–Crippen MR) is 325 cm³/mol. The maximum atomic E-state index is 12.9. The SMILES string of the molecule is CC/C=C\C/C=C\C/C=C\C/C=C\C/C=C\C/C=C\C/C=C\CCCCCC(=O)OCC(COC(=O)CC/C=C\C/C=C\C/C=C\C/C=C\CC)OC(=O)CCCCCCCCCCCCCCCCCCCCC. The quantitative estimate of drug-likeness (QED) is 0.0261. The van der Waals surface area contributed by atoms with Crippen LogP contribution >= 0.6 is 0 Å². The van der Waals surface area contributed by atoms with Gasteiger partial charge in [0.05, 0.1) is 0 Å². The van der Waals surface area contributed by atoms with Gasteiger partial charge in [-0.25, -0.2) is 0 Å². The van der Waals surface area contributed by atoms with E-state index < -0.39 is 6.10 Å². The van der Waals surface area contributed by atoms with Crippen LogP contribution < -0.4 is 0 Å². The molecule has 0 aromatic carbocycles. The first-order valence-electron chi connectivity index (χ1n) is 30.7. The minimum Gasteiger partial charge on any atom is -0.462 e. The number of carbonyl (C=O) groups excluding carboxylic acids is 3. The van der Waals surface area contributed by atoms with Crippen LogP contribution in [0.25, 0.3) is 0 Å². The second-order valence-corrected chi connectivity index (χ2v) is 19.9. The van der Waals surface area contributed by atoms with Crippen molar-refractivity contribution in [1.82, 2.24) is 0 Å². The standard InChI is InChI=1S/C69H112O6/c1-4-7-10-13-16-19-22-25-27-29-31-32-33-34-35-36-38-39-41-44-47-50-53-56-59-62-68(71)74-65-66(64-73-67(70)61-58-55-52-49-46-43-24-21-18-15-12-9-6-3)75-69(72)63-60-57-54-51-48-45-42-40-37-30-28-26-23-20-17-14-11-8-5-2/h7,9-10,12,16,18-19,21,25,27,31-32,34-35,38-39,43-44,46-47,52,55,66H,4-6,8,11,13-15,17,20,22-24,26,28-30,33,36-37,40-42,45,48-51,53-54,56-65H2,1-3H3/b10-7-,12-9-,19-16-,21-18-,27-25-,32-31-,35-34-,39-38-,46-43-,47-44-,55-52-. The number of hydrogen-bond acceptors (Lipinski definition) is 6. The van der Waals surface area contributed by atoms with Crippen molar-refractivity contribution in [2.45, 2.75) is 271 Å². The molecule has 0 spiro atoms. The van der Waals surface area contributed by atoms with Crippen LogP contribution in [-0.4, -0.2) is 37.2 Å². The summed E-state index contributed by atoms with van der Waals surface area (Å²) in [4.78, 5) is 38.2. The van der Waals surface area contributed by atoms with E-state index >= 15 is 0 Å². The maximum Gasteiger partial charge on any atom is 0.306 e. The van der Waals surface area contributed by atoms with Gasteiger partial charge in [-0.2, -0.15) is 0 Å². The fraction of sp³-hybridized carbons (Fsp3) is 0.638. The number of allylic oxidation sites excluding steroid dienone is 22. The summed E-state index contributed by atoms with van der Waals surface area (Å²) >= 11 is 0. The third-order valence-corrected chi connectivity index (χ3v) is 12.7. The molecule has 0 saturated carbocycles. The highest BCUT2D eigenvalue weighted by Crippen LogP contribution is 2.16. The minimum atomic E-state index is -0.825. The molecule has 0 aliphatic carbocycles. The zero-order valence-corrected chi connectivity index (χ0v) is 48.5. The molecule has 1 atom stereocenters. The molecule has 424 valence electrons. The lowest BCUT2D eigenvalue weighted by Crippen LogP contribution is -2.30. The molecule has 75 heavy (non-hydrogen) atoms. The van der Waals surface area contributed by atoms with Crippen LogP contribution in [0.5, 0.6) is 0 Å². The number of esters is 3. The van der Waals surface area contributed by atoms with Gasteiger partial charge in [0.25, 0.3) is 0 Å². The van der Waals surface area contributed by atoms with Gasteiger partial charge in [-0.3, -0.25) is 14.4 Å². The van der Waals surface area contributed by atoms with Crippen molar-refractivity contribution in [1.29, 1.82) is 0 Å². The van der Waals surface area contributed by atoms with E-state index in [1.165, 1.54) is 103 Å². The Hall–Kier alpha value is -4.45. The highest BCUT2D eigenvalue weighted by Gasteiger charge is 2.19. The second kappa shape index (κ2) is 62.1. The largest absolute Gasteiger partial charge is 0.462 e. The zero-order valence-electron chi connectivity index (χ0n) is 48.5. The number of ether oxygens (including phenoxy) is 3. The monoisotopic (exact) mass is 1040 g/mol. The topological polar surface area (TPSA) is 78.9 Å². The number of carbonyl (C=O) groups is 3. The summed E-state index contributed by atoms with van der Waals surface area (Å²) in [5.41, 5.74) is 0. The van der Waals surface area contributed by atoms with E-state index in [9.17, 15) is 14.4 Å². The lowest BCUT2D eigenvalue weighted by molar-refractivity contribution is -0.166. The molecule has 0 fully saturated rings. The smallest absolute Gasteiger partial charge is 0.306 e. The van der Waals surface area contributed by atoms with Crippen LogP contribution in [0.3, 0.4) is 0 Å². The Morgan fingerprint density at radius 3 is 0.893 bits per heavy atom. The van der Waals surface area contributed by atoms with Crippen molar-refractivity contribution in [3.8, 4) is 0 Å². The Bertz CT molecular complexity index is 1620. The van der Waals surface area contributed by atoms with Gasteiger partial charge in [0, 0.05) is 19.3 Å². The van der Waals surface area contributed by atoms with E-state index in [4.69, 9.17) is 14.2 Å². The van der Waals surface area contributed by atoms with Crippen molar-refractivity contribution in [3.05, 3.63) is 134 Å². The molecule has 0 N–H and O–H groups in total. The number of rotatable bonds is 54. The highest BCUT2D eigenvalue weighted by atomic mass is 16.6. The summed E-state index contributed by atoms with van der Waals surface area (Å²) in [6.07, 6.45) is 87.6. The van der Waals surface area contributed by atoms with Gasteiger partial charge in [0.1, 0.15) is 13.2 Å². The third kappa shape index (κ3) is 60.3. The van der Waals surface area contributed by atoms with E-state index in [1.807, 2.05) is 12.2 Å². The fourth-order valence-electron chi connectivity index (χ4n) is 8.14. The van der Waals surface area contributed by atoms with Crippen molar-refractivity contribution >= 4 is 17.9 Å². The van der Waals surface area contributed by atoms with Crippen LogP contribution in [-0.2, 0) is 28.6 Å². The molecule has 0 rings (SSSR count). The molecule has 6 nitrogen and oxygen atoms in total. The Balaban J connectivity index is 4.46. The summed E-state index contributed by atoms with van der Waals surface area (Å²) in [5, 5.41) is 0. The second-order valence-electron chi connectivity index (χ2n) is 19.9. The first kappa shape index (κ1) is 70.5. The maximum absolute atomic E-state index is 12.9. The van der Waals surface area contributed by atoms with Crippen molar-refractivity contribution < 1.29 is 28.6 Å². The molecule has 0 aromatic heterocycles. The molecule has 0 amide bonds. The summed E-state index contributed by atoms with van der Waals surface area (Å²) in [5.74, 6) is -1.03. The van der Waals surface area contributed by atoms with Crippen LogP contribution in [0, 0.1) is 0 Å². The van der Waals surface area contributed by atoms with Crippen molar-refractivity contribution in [2.75, 3.05) is 13.2 Å². The first-order valence-corrected chi connectivity index (χ1v) is 30.7. The van der Waals surface area contributed by atoms with Gasteiger partial charge in [-0.05, 0) is 103 Å². The van der Waals surface area contributed by atoms with Gasteiger partial charge >= 0.3 is 17.9 Å². The molecule has 0 heterocycles. The zero-order chi connectivity index (χ0) is 54.3. The highest BCUT2D eigenvalue weighted by molar-refractivity contribution is 5.71. The molecule has 1 unspecified atom stereocenters. The van der Waals surface area contributed by atoms with Crippen LogP contribution in [0.2, 0.25) is 0 Å². The third-order valence-electron chi connectivity index (χ3n) is 12.7. The van der Waals surface area contributed by atoms with Gasteiger partial charge in [0.2, 0.25) is 0 Å². The van der Waals surface area contributed by atoms with Gasteiger partial charge in [-0.1, -0.05) is 276 Å². The molecule has 0 aliphatic heterocycles. The Kier molecular flexibility index (Phi) is 58.4. The molecule has 0 aliphatic rings. The average Bonchev–Trinajstić information content (AvgIpc) is 3.41. The Morgan fingerprint density at radius 1 is 0.280 bits per heavy atom. The minimum absolute atomic E-state index is 0.120. The lowest BCUT2D eigenvalue weighted by atomic mass is 10.0. The van der Waals surface area contributed by atoms with Crippen molar-refractivity contribution in [3.63, 3.8) is 0 Å². The predicted octanol–water partition coefficient (Wildman–Crippen LogP) is 21.0. The van der Waals surface area contributed by atoms with E-state index in [0.717, 1.165) is 116 Å². The number of unbranched alkanes of at least 4 members (excludes halogenated alkanes) is 21. The first-order chi connectivity index (χ1) is 37.0. The molecule has 0 aromatic rings. The van der Waals surface area contributed by atoms with Gasteiger partial charge in [0.15, 0.2) is 6.10 Å². The van der Waals surface area contributed by atoms with Crippen LogP contribution in [0.4, 0.5) is 0 Å². The van der Waals surface area contributed by atoms with Crippen LogP contribution in [0.1, 0.15) is 265 Å². The molecule has 0 saturated heterocycles. The van der Waals surface area contributed by atoms with Gasteiger partial charge < -0.3 is 14.2 Å². The molecule has 6 heteroatoms. The summed E-state index contributed by atoms with van der Waals surface area (Å²) in [6.45, 7) is 6.33. The van der Waals surface area contributed by atoms with Gasteiger partial charge in [-0.15, -0.1) is 0 Å². The van der Waals surface area contributed by atoms with E-state index in [-0.39, 0.29) is 37.5 Å². The lowest BCUT2D eigenvalue weighted by Gasteiger charge is -2.18. The van der Waals surface area contributed by atoms with E-state index in [1.54, 1.807) is 0 Å². The normalized spacial score (nSPS) is 13.1. The Morgan fingerprint density at radius 2 is 0.547 bits per heavy atom. The van der Waals surface area contributed by atoms with Crippen molar-refractivity contribution in [2.24, 2.45) is 0 Å². The summed E-state index contributed by atoms with van der Waals surface area (Å²) in [6, 6.07) is 0.